The Bertz CT molecular complexity index is 778. The number of nitrogens with two attached hydrogens (primary N) is 1. The van der Waals surface area contributed by atoms with Crippen LogP contribution in [0.4, 0.5) is 4.39 Å². The zero-order valence-corrected chi connectivity index (χ0v) is 14.9. The molecule has 1 aromatic carbocycles. The maximum atomic E-state index is 13.9. The summed E-state index contributed by atoms with van der Waals surface area (Å²) in [6.07, 6.45) is 1.64. The van der Waals surface area contributed by atoms with Crippen molar-refractivity contribution in [2.75, 3.05) is 26.2 Å². The lowest BCUT2D eigenvalue weighted by Crippen LogP contribution is -2.53. The van der Waals surface area contributed by atoms with Crippen LogP contribution in [0, 0.1) is 5.82 Å². The third kappa shape index (κ3) is 3.47. The summed E-state index contributed by atoms with van der Waals surface area (Å²) in [6.45, 7) is 4.03. The predicted molar refractivity (Wildman–Crippen MR) is 97.7 cm³/mol. The summed E-state index contributed by atoms with van der Waals surface area (Å²) in [5.74, 6) is -0.0658. The third-order valence-electron chi connectivity index (χ3n) is 5.05. The monoisotopic (exact) mass is 359 g/mol. The van der Waals surface area contributed by atoms with Gasteiger partial charge in [0.15, 0.2) is 0 Å². The summed E-state index contributed by atoms with van der Waals surface area (Å²) in [5, 5.41) is 0. The summed E-state index contributed by atoms with van der Waals surface area (Å²) < 4.78 is 13.9. The molecule has 1 aliphatic heterocycles. The molecular formula is C19H22FN3OS. The van der Waals surface area contributed by atoms with E-state index in [1.807, 2.05) is 23.1 Å². The van der Waals surface area contributed by atoms with Crippen LogP contribution in [0.2, 0.25) is 0 Å². The molecule has 2 N–H and O–H groups in total. The number of carbonyl (C=O) groups excluding carboxylic acids is 1. The second kappa shape index (κ2) is 6.52. The first kappa shape index (κ1) is 16.7. The third-order valence-corrected chi connectivity index (χ3v) is 6.16. The van der Waals surface area contributed by atoms with Gasteiger partial charge in [0.2, 0.25) is 5.91 Å². The summed E-state index contributed by atoms with van der Waals surface area (Å²) >= 11 is 1.63. The van der Waals surface area contributed by atoms with Crippen LogP contribution in [0.25, 0.3) is 10.4 Å². The zero-order chi connectivity index (χ0) is 17.4. The smallest absolute Gasteiger partial charge is 0.242 e. The molecule has 2 fully saturated rings. The Morgan fingerprint density at radius 2 is 1.84 bits per heavy atom. The average Bonchev–Trinajstić information content (AvgIpc) is 3.21. The quantitative estimate of drug-likeness (QED) is 0.913. The van der Waals surface area contributed by atoms with Gasteiger partial charge in [-0.3, -0.25) is 9.69 Å². The predicted octanol–water partition coefficient (Wildman–Crippen LogP) is 2.69. The number of benzene rings is 1. The Balaban J connectivity index is 1.35. The van der Waals surface area contributed by atoms with Crippen LogP contribution in [-0.4, -0.2) is 47.4 Å². The SMILES string of the molecule is NC1(C(=O)N2CCN(Cc3ccc(-c4ccccc4F)s3)CC2)CC1. The largest absolute Gasteiger partial charge is 0.339 e. The molecule has 2 heterocycles. The Morgan fingerprint density at radius 1 is 1.12 bits per heavy atom. The van der Waals surface area contributed by atoms with Gasteiger partial charge in [-0.1, -0.05) is 18.2 Å². The van der Waals surface area contributed by atoms with Gasteiger partial charge in [-0.05, 0) is 31.0 Å². The highest BCUT2D eigenvalue weighted by Gasteiger charge is 2.48. The van der Waals surface area contributed by atoms with Crippen molar-refractivity contribution in [2.45, 2.75) is 24.9 Å². The Hall–Kier alpha value is -1.76. The van der Waals surface area contributed by atoms with E-state index < -0.39 is 5.54 Å². The highest BCUT2D eigenvalue weighted by atomic mass is 32.1. The van der Waals surface area contributed by atoms with E-state index in [9.17, 15) is 9.18 Å². The first-order chi connectivity index (χ1) is 12.0. The number of piperazine rings is 1. The van der Waals surface area contributed by atoms with Crippen LogP contribution in [0.3, 0.4) is 0 Å². The summed E-state index contributed by atoms with van der Waals surface area (Å²) in [6, 6.07) is 10.9. The number of thiophene rings is 1. The Morgan fingerprint density at radius 3 is 2.52 bits per heavy atom. The number of hydrogen-bond donors (Lipinski definition) is 1. The number of rotatable bonds is 4. The molecule has 4 nitrogen and oxygen atoms in total. The molecule has 132 valence electrons. The van der Waals surface area contributed by atoms with E-state index in [1.165, 1.54) is 10.9 Å². The molecule has 1 aliphatic carbocycles. The lowest BCUT2D eigenvalue weighted by molar-refractivity contribution is -0.135. The first-order valence-electron chi connectivity index (χ1n) is 8.69. The van der Waals surface area contributed by atoms with Crippen molar-refractivity contribution in [3.8, 4) is 10.4 Å². The summed E-state index contributed by atoms with van der Waals surface area (Å²) in [4.78, 5) is 18.7. The molecule has 4 rings (SSSR count). The topological polar surface area (TPSA) is 49.6 Å². The number of carbonyl (C=O) groups is 1. The molecule has 1 amide bonds. The minimum absolute atomic E-state index is 0.116. The molecule has 0 spiro atoms. The van der Waals surface area contributed by atoms with Crippen molar-refractivity contribution < 1.29 is 9.18 Å². The van der Waals surface area contributed by atoms with Gasteiger partial charge in [-0.25, -0.2) is 4.39 Å². The van der Waals surface area contributed by atoms with Crippen molar-refractivity contribution in [2.24, 2.45) is 5.73 Å². The van der Waals surface area contributed by atoms with Gasteiger partial charge in [0.05, 0.1) is 5.54 Å². The van der Waals surface area contributed by atoms with Crippen LogP contribution in [0.1, 0.15) is 17.7 Å². The van der Waals surface area contributed by atoms with Gasteiger partial charge in [-0.15, -0.1) is 11.3 Å². The molecule has 1 saturated heterocycles. The van der Waals surface area contributed by atoms with Gasteiger partial charge in [-0.2, -0.15) is 0 Å². The molecule has 6 heteroatoms. The number of amides is 1. The number of halogens is 1. The van der Waals surface area contributed by atoms with E-state index in [2.05, 4.69) is 11.0 Å². The van der Waals surface area contributed by atoms with Crippen molar-refractivity contribution in [1.82, 2.24) is 9.80 Å². The fourth-order valence-corrected chi connectivity index (χ4v) is 4.34. The molecule has 2 aromatic rings. The van der Waals surface area contributed by atoms with Crippen LogP contribution in [-0.2, 0) is 11.3 Å². The van der Waals surface area contributed by atoms with E-state index >= 15 is 0 Å². The van der Waals surface area contributed by atoms with Crippen LogP contribution >= 0.6 is 11.3 Å². The molecule has 2 aliphatic rings. The molecule has 0 bridgehead atoms. The van der Waals surface area contributed by atoms with Crippen molar-refractivity contribution in [3.05, 3.63) is 47.1 Å². The minimum Gasteiger partial charge on any atom is -0.339 e. The lowest BCUT2D eigenvalue weighted by Gasteiger charge is -2.35. The van der Waals surface area contributed by atoms with E-state index in [1.54, 1.807) is 17.4 Å². The van der Waals surface area contributed by atoms with E-state index in [-0.39, 0.29) is 11.7 Å². The van der Waals surface area contributed by atoms with Gasteiger partial charge in [0.1, 0.15) is 5.82 Å². The molecule has 0 atom stereocenters. The molecule has 1 saturated carbocycles. The highest BCUT2D eigenvalue weighted by molar-refractivity contribution is 7.15. The lowest BCUT2D eigenvalue weighted by atomic mass is 10.2. The first-order valence-corrected chi connectivity index (χ1v) is 9.51. The molecule has 0 radical (unpaired) electrons. The van der Waals surface area contributed by atoms with Gasteiger partial charge < -0.3 is 10.6 Å². The Labute approximate surface area is 151 Å². The maximum Gasteiger partial charge on any atom is 0.242 e. The minimum atomic E-state index is -0.565. The molecule has 25 heavy (non-hydrogen) atoms. The van der Waals surface area contributed by atoms with E-state index in [0.29, 0.717) is 5.56 Å². The van der Waals surface area contributed by atoms with Gasteiger partial charge in [0.25, 0.3) is 0 Å². The summed E-state index contributed by atoms with van der Waals surface area (Å²) in [7, 11) is 0. The van der Waals surface area contributed by atoms with Gasteiger partial charge >= 0.3 is 0 Å². The van der Waals surface area contributed by atoms with E-state index in [4.69, 9.17) is 5.73 Å². The summed E-state index contributed by atoms with van der Waals surface area (Å²) in [5.41, 5.74) is 6.11. The highest BCUT2D eigenvalue weighted by Crippen LogP contribution is 2.34. The second-order valence-corrected chi connectivity index (χ2v) is 8.14. The maximum absolute atomic E-state index is 13.9. The average molecular weight is 359 g/mol. The normalized spacial score (nSPS) is 19.8. The van der Waals surface area contributed by atoms with Crippen molar-refractivity contribution >= 4 is 17.2 Å². The number of hydrogen-bond acceptors (Lipinski definition) is 4. The van der Waals surface area contributed by atoms with Gasteiger partial charge in [0, 0.05) is 48.0 Å². The van der Waals surface area contributed by atoms with Crippen molar-refractivity contribution in [3.63, 3.8) is 0 Å². The number of nitrogens with zero attached hydrogens (tertiary/aromatic N) is 2. The Kier molecular flexibility index (Phi) is 4.35. The van der Waals surface area contributed by atoms with E-state index in [0.717, 1.165) is 50.4 Å². The van der Waals surface area contributed by atoms with Crippen molar-refractivity contribution in [1.29, 1.82) is 0 Å². The fourth-order valence-electron chi connectivity index (χ4n) is 3.26. The van der Waals surface area contributed by atoms with Crippen LogP contribution in [0.5, 0.6) is 0 Å². The molecule has 0 unspecified atom stereocenters. The van der Waals surface area contributed by atoms with Crippen LogP contribution < -0.4 is 5.73 Å². The fraction of sp³-hybridized carbons (Fsp3) is 0.421. The molecular weight excluding hydrogens is 337 g/mol. The molecule has 1 aromatic heterocycles. The second-order valence-electron chi connectivity index (χ2n) is 6.97. The van der Waals surface area contributed by atoms with Crippen LogP contribution in [0.15, 0.2) is 36.4 Å². The standard InChI is InChI=1S/C19H22FN3OS/c20-16-4-2-1-3-15(16)17-6-5-14(25-17)13-22-9-11-23(12-10-22)18(24)19(21)7-8-19/h1-6H,7-13,21H2. The zero-order valence-electron chi connectivity index (χ0n) is 14.1.